The second-order valence-corrected chi connectivity index (χ2v) is 5.28. The molecule has 1 fully saturated rings. The van der Waals surface area contributed by atoms with E-state index >= 15 is 0 Å². The second kappa shape index (κ2) is 7.55. The number of rotatable bonds is 9. The highest BCUT2D eigenvalue weighted by Gasteiger charge is 2.20. The third-order valence-electron chi connectivity index (χ3n) is 3.36. The van der Waals surface area contributed by atoms with Crippen molar-refractivity contribution in [3.63, 3.8) is 0 Å². The number of hydrogen-bond donors (Lipinski definition) is 1. The zero-order chi connectivity index (χ0) is 12.6. The topological polar surface area (TPSA) is 21.3 Å². The van der Waals surface area contributed by atoms with Gasteiger partial charge in [0.1, 0.15) is 0 Å². The Morgan fingerprint density at radius 2 is 1.83 bits per heavy atom. The molecule has 18 heavy (non-hydrogen) atoms. The first-order chi connectivity index (χ1) is 8.88. The fourth-order valence-corrected chi connectivity index (χ4v) is 1.96. The van der Waals surface area contributed by atoms with Gasteiger partial charge in [-0.3, -0.25) is 0 Å². The Morgan fingerprint density at radius 3 is 2.50 bits per heavy atom. The summed E-state index contributed by atoms with van der Waals surface area (Å²) in [5.74, 6) is 0.855. The minimum atomic E-state index is 0.769. The Kier molecular flexibility index (Phi) is 5.69. The summed E-state index contributed by atoms with van der Waals surface area (Å²) in [4.78, 5) is 0. The smallest absolute Gasteiger partial charge is 0.0717 e. The molecule has 2 rings (SSSR count). The van der Waals surface area contributed by atoms with Crippen LogP contribution >= 0.6 is 0 Å². The van der Waals surface area contributed by atoms with Gasteiger partial charge in [-0.2, -0.15) is 0 Å². The monoisotopic (exact) mass is 247 g/mol. The predicted octanol–water partition coefficient (Wildman–Crippen LogP) is 3.16. The molecule has 0 amide bonds. The molecule has 2 nitrogen and oxygen atoms in total. The first-order valence-corrected chi connectivity index (χ1v) is 7.24. The van der Waals surface area contributed by atoms with Gasteiger partial charge in [0.2, 0.25) is 0 Å². The fraction of sp³-hybridized carbons (Fsp3) is 0.625. The Morgan fingerprint density at radius 1 is 1.11 bits per heavy atom. The normalized spacial score (nSPS) is 14.9. The number of hydrogen-bond acceptors (Lipinski definition) is 2. The van der Waals surface area contributed by atoms with Crippen molar-refractivity contribution in [1.29, 1.82) is 0 Å². The third-order valence-corrected chi connectivity index (χ3v) is 3.36. The van der Waals surface area contributed by atoms with Gasteiger partial charge in [-0.15, -0.1) is 0 Å². The van der Waals surface area contributed by atoms with Crippen molar-refractivity contribution in [2.45, 2.75) is 39.2 Å². The van der Waals surface area contributed by atoms with E-state index in [2.05, 4.69) is 36.5 Å². The molecule has 0 unspecified atom stereocenters. The second-order valence-electron chi connectivity index (χ2n) is 5.28. The van der Waals surface area contributed by atoms with Gasteiger partial charge in [0.25, 0.3) is 0 Å². The highest BCUT2D eigenvalue weighted by Crippen LogP contribution is 2.29. The van der Waals surface area contributed by atoms with Crippen LogP contribution in [-0.4, -0.2) is 19.7 Å². The highest BCUT2D eigenvalue weighted by atomic mass is 16.5. The maximum absolute atomic E-state index is 5.68. The largest absolute Gasteiger partial charge is 0.376 e. The zero-order valence-electron chi connectivity index (χ0n) is 11.5. The molecule has 1 saturated carbocycles. The standard InChI is InChI=1S/C16H25NO/c1-2-10-17-11-9-14-3-5-15(6-4-14)12-18-13-16-7-8-16/h3-6,16-17H,2,7-13H2,1H3. The van der Waals surface area contributed by atoms with E-state index in [1.54, 1.807) is 0 Å². The molecule has 0 heterocycles. The van der Waals surface area contributed by atoms with Gasteiger partial charge in [0.15, 0.2) is 0 Å². The first-order valence-electron chi connectivity index (χ1n) is 7.24. The van der Waals surface area contributed by atoms with Crippen molar-refractivity contribution >= 4 is 0 Å². The minimum absolute atomic E-state index is 0.769. The van der Waals surface area contributed by atoms with Crippen LogP contribution in [0.15, 0.2) is 24.3 Å². The number of nitrogens with one attached hydrogen (secondary N) is 1. The zero-order valence-corrected chi connectivity index (χ0v) is 11.5. The molecule has 0 radical (unpaired) electrons. The summed E-state index contributed by atoms with van der Waals surface area (Å²) in [6.45, 7) is 6.11. The van der Waals surface area contributed by atoms with Crippen LogP contribution in [0, 0.1) is 5.92 Å². The van der Waals surface area contributed by atoms with E-state index in [0.717, 1.165) is 38.6 Å². The lowest BCUT2D eigenvalue weighted by Crippen LogP contribution is -2.17. The lowest BCUT2D eigenvalue weighted by Gasteiger charge is -2.06. The summed E-state index contributed by atoms with van der Waals surface area (Å²) in [7, 11) is 0. The van der Waals surface area contributed by atoms with E-state index in [1.165, 1.54) is 30.4 Å². The molecule has 1 aromatic rings. The predicted molar refractivity (Wildman–Crippen MR) is 75.7 cm³/mol. The van der Waals surface area contributed by atoms with Gasteiger partial charge in [0, 0.05) is 6.61 Å². The number of benzene rings is 1. The Bertz CT molecular complexity index is 329. The lowest BCUT2D eigenvalue weighted by molar-refractivity contribution is 0.111. The average Bonchev–Trinajstić information content (AvgIpc) is 3.21. The van der Waals surface area contributed by atoms with E-state index in [0.29, 0.717) is 0 Å². The van der Waals surface area contributed by atoms with Crippen molar-refractivity contribution in [3.8, 4) is 0 Å². The van der Waals surface area contributed by atoms with Crippen LogP contribution in [0.5, 0.6) is 0 Å². The lowest BCUT2D eigenvalue weighted by atomic mass is 10.1. The van der Waals surface area contributed by atoms with Crippen LogP contribution in [0.4, 0.5) is 0 Å². The van der Waals surface area contributed by atoms with Crippen LogP contribution in [0.2, 0.25) is 0 Å². The van der Waals surface area contributed by atoms with Crippen LogP contribution in [0.25, 0.3) is 0 Å². The molecule has 0 spiro atoms. The molecule has 1 aliphatic rings. The summed E-state index contributed by atoms with van der Waals surface area (Å²) in [5.41, 5.74) is 2.70. The minimum Gasteiger partial charge on any atom is -0.376 e. The molecule has 0 saturated heterocycles. The molecule has 2 heteroatoms. The summed E-state index contributed by atoms with van der Waals surface area (Å²) >= 11 is 0. The molecule has 100 valence electrons. The highest BCUT2D eigenvalue weighted by molar-refractivity contribution is 5.22. The summed E-state index contributed by atoms with van der Waals surface area (Å²) in [6.07, 6.45) is 5.05. The van der Waals surface area contributed by atoms with Crippen molar-refractivity contribution in [3.05, 3.63) is 35.4 Å². The SMILES string of the molecule is CCCNCCc1ccc(COCC2CC2)cc1. The molecule has 1 N–H and O–H groups in total. The maximum atomic E-state index is 5.68. The Balaban J connectivity index is 1.64. The van der Waals surface area contributed by atoms with Crippen LogP contribution in [0.1, 0.15) is 37.3 Å². The molecule has 0 bridgehead atoms. The first kappa shape index (κ1) is 13.6. The fourth-order valence-electron chi connectivity index (χ4n) is 1.96. The molecular weight excluding hydrogens is 222 g/mol. The van der Waals surface area contributed by atoms with E-state index in [-0.39, 0.29) is 0 Å². The molecule has 0 aromatic heterocycles. The molecule has 1 aromatic carbocycles. The van der Waals surface area contributed by atoms with Crippen molar-refractivity contribution in [2.24, 2.45) is 5.92 Å². The van der Waals surface area contributed by atoms with Crippen molar-refractivity contribution in [1.82, 2.24) is 5.32 Å². The van der Waals surface area contributed by atoms with Gasteiger partial charge < -0.3 is 10.1 Å². The molecule has 0 aliphatic heterocycles. The number of ether oxygens (including phenoxy) is 1. The summed E-state index contributed by atoms with van der Waals surface area (Å²) in [5, 5.41) is 3.43. The average molecular weight is 247 g/mol. The van der Waals surface area contributed by atoms with Gasteiger partial charge in [-0.1, -0.05) is 31.2 Å². The van der Waals surface area contributed by atoms with Crippen molar-refractivity contribution in [2.75, 3.05) is 19.7 Å². The summed E-state index contributed by atoms with van der Waals surface area (Å²) < 4.78 is 5.68. The molecule has 0 atom stereocenters. The van der Waals surface area contributed by atoms with E-state index in [4.69, 9.17) is 4.74 Å². The van der Waals surface area contributed by atoms with Crippen LogP contribution in [-0.2, 0) is 17.8 Å². The third kappa shape index (κ3) is 5.19. The quantitative estimate of drug-likeness (QED) is 0.677. The Labute approximate surface area is 111 Å². The van der Waals surface area contributed by atoms with Gasteiger partial charge in [-0.05, 0) is 55.8 Å². The van der Waals surface area contributed by atoms with E-state index in [1.807, 2.05) is 0 Å². The Hall–Kier alpha value is -0.860. The van der Waals surface area contributed by atoms with E-state index in [9.17, 15) is 0 Å². The van der Waals surface area contributed by atoms with E-state index < -0.39 is 0 Å². The molecule has 1 aliphatic carbocycles. The van der Waals surface area contributed by atoms with Crippen LogP contribution < -0.4 is 5.32 Å². The van der Waals surface area contributed by atoms with Gasteiger partial charge in [-0.25, -0.2) is 0 Å². The summed E-state index contributed by atoms with van der Waals surface area (Å²) in [6, 6.07) is 8.84. The molecular formula is C16H25NO. The maximum Gasteiger partial charge on any atom is 0.0717 e. The van der Waals surface area contributed by atoms with Crippen molar-refractivity contribution < 1.29 is 4.74 Å². The van der Waals surface area contributed by atoms with Gasteiger partial charge in [0.05, 0.1) is 6.61 Å². The van der Waals surface area contributed by atoms with Gasteiger partial charge >= 0.3 is 0 Å². The van der Waals surface area contributed by atoms with Crippen LogP contribution in [0.3, 0.4) is 0 Å².